The number of anilines is 1. The van der Waals surface area contributed by atoms with Gasteiger partial charge < -0.3 is 14.6 Å². The topological polar surface area (TPSA) is 76.1 Å². The van der Waals surface area contributed by atoms with Crippen LogP contribution in [0.2, 0.25) is 0 Å². The molecule has 0 spiro atoms. The van der Waals surface area contributed by atoms with E-state index >= 15 is 0 Å². The first-order valence-electron chi connectivity index (χ1n) is 8.48. The van der Waals surface area contributed by atoms with Crippen molar-refractivity contribution >= 4 is 15.7 Å². The van der Waals surface area contributed by atoms with E-state index in [0.29, 0.717) is 29.2 Å². The van der Waals surface area contributed by atoms with E-state index in [9.17, 15) is 13.5 Å². The first-order chi connectivity index (χ1) is 12.3. The van der Waals surface area contributed by atoms with Crippen LogP contribution in [-0.4, -0.2) is 33.3 Å². The minimum absolute atomic E-state index is 0.0142. The van der Waals surface area contributed by atoms with Crippen molar-refractivity contribution in [3.05, 3.63) is 48.0 Å². The molecule has 0 radical (unpaired) electrons. The molecule has 1 aliphatic rings. The normalized spacial score (nSPS) is 17.1. The van der Waals surface area contributed by atoms with E-state index in [2.05, 4.69) is 0 Å². The highest BCUT2D eigenvalue weighted by molar-refractivity contribution is 7.92. The summed E-state index contributed by atoms with van der Waals surface area (Å²) >= 11 is 0. The maximum Gasteiger partial charge on any atom is 0.264 e. The van der Waals surface area contributed by atoms with Crippen LogP contribution >= 0.6 is 0 Å². The van der Waals surface area contributed by atoms with E-state index in [-0.39, 0.29) is 17.5 Å². The van der Waals surface area contributed by atoms with Crippen LogP contribution in [0.4, 0.5) is 5.69 Å². The molecule has 0 aromatic heterocycles. The summed E-state index contributed by atoms with van der Waals surface area (Å²) in [6, 6.07) is 11.5. The van der Waals surface area contributed by atoms with Crippen LogP contribution < -0.4 is 13.8 Å². The lowest BCUT2D eigenvalue weighted by Crippen LogP contribution is -2.36. The second-order valence-corrected chi connectivity index (χ2v) is 8.31. The zero-order chi connectivity index (χ0) is 18.9. The Morgan fingerprint density at radius 3 is 2.38 bits per heavy atom. The van der Waals surface area contributed by atoms with Crippen LogP contribution in [0.15, 0.2) is 47.4 Å². The van der Waals surface area contributed by atoms with Crippen LogP contribution in [0.3, 0.4) is 0 Å². The molecule has 0 saturated heterocycles. The summed E-state index contributed by atoms with van der Waals surface area (Å²) in [6.07, 6.45) is -0.336. The van der Waals surface area contributed by atoms with Gasteiger partial charge >= 0.3 is 0 Å². The molecule has 0 aliphatic carbocycles. The average molecular weight is 377 g/mol. The highest BCUT2D eigenvalue weighted by atomic mass is 32.2. The standard InChI is InChI=1S/C19H23NO5S/c1-13(2)25-14-4-7-16(8-5-14)26(22,23)20-11-10-19(21)17-9-6-15(24-3)12-18(17)20/h4-9,12-13,19,21H,10-11H2,1-3H3. The Balaban J connectivity index is 1.99. The largest absolute Gasteiger partial charge is 0.497 e. The summed E-state index contributed by atoms with van der Waals surface area (Å²) in [6.45, 7) is 4.02. The number of hydrogen-bond acceptors (Lipinski definition) is 5. The molecule has 2 aromatic carbocycles. The Hall–Kier alpha value is -2.25. The second-order valence-electron chi connectivity index (χ2n) is 6.44. The highest BCUT2D eigenvalue weighted by Gasteiger charge is 2.32. The fourth-order valence-electron chi connectivity index (χ4n) is 3.00. The average Bonchev–Trinajstić information content (AvgIpc) is 2.61. The number of hydrogen-bond donors (Lipinski definition) is 1. The molecule has 2 aromatic rings. The third-order valence-corrected chi connectivity index (χ3v) is 6.08. The minimum Gasteiger partial charge on any atom is -0.497 e. The van der Waals surface area contributed by atoms with Crippen molar-refractivity contribution in [2.75, 3.05) is 18.0 Å². The van der Waals surface area contributed by atoms with Crippen molar-refractivity contribution in [2.24, 2.45) is 0 Å². The fraction of sp³-hybridized carbons (Fsp3) is 0.368. The van der Waals surface area contributed by atoms with Gasteiger partial charge in [0.05, 0.1) is 29.9 Å². The molecule has 0 amide bonds. The fourth-order valence-corrected chi connectivity index (χ4v) is 4.50. The number of sulfonamides is 1. The van der Waals surface area contributed by atoms with Crippen LogP contribution in [-0.2, 0) is 10.0 Å². The lowest BCUT2D eigenvalue weighted by Gasteiger charge is -2.33. The predicted octanol–water partition coefficient (Wildman–Crippen LogP) is 3.11. The van der Waals surface area contributed by atoms with Gasteiger partial charge in [0, 0.05) is 18.2 Å². The monoisotopic (exact) mass is 377 g/mol. The number of ether oxygens (including phenoxy) is 2. The predicted molar refractivity (Wildman–Crippen MR) is 99.3 cm³/mol. The zero-order valence-corrected chi connectivity index (χ0v) is 15.9. The SMILES string of the molecule is COc1ccc2c(c1)N(S(=O)(=O)c1ccc(OC(C)C)cc1)CCC2O. The van der Waals surface area contributed by atoms with Gasteiger partial charge in [0.25, 0.3) is 10.0 Å². The molecule has 1 unspecified atom stereocenters. The van der Waals surface area contributed by atoms with Gasteiger partial charge in [0.2, 0.25) is 0 Å². The summed E-state index contributed by atoms with van der Waals surface area (Å²) in [7, 11) is -2.24. The molecule has 1 atom stereocenters. The van der Waals surface area contributed by atoms with E-state index in [1.165, 1.54) is 23.5 Å². The Labute approximate surface area is 154 Å². The Morgan fingerprint density at radius 2 is 1.77 bits per heavy atom. The molecule has 26 heavy (non-hydrogen) atoms. The van der Waals surface area contributed by atoms with E-state index in [4.69, 9.17) is 9.47 Å². The molecular formula is C19H23NO5S. The summed E-state index contributed by atoms with van der Waals surface area (Å²) in [5.41, 5.74) is 1.03. The second kappa shape index (κ2) is 7.17. The first-order valence-corrected chi connectivity index (χ1v) is 9.92. The summed E-state index contributed by atoms with van der Waals surface area (Å²) in [4.78, 5) is 0.179. The molecule has 1 aliphatic heterocycles. The number of fused-ring (bicyclic) bond motifs is 1. The quantitative estimate of drug-likeness (QED) is 0.866. The lowest BCUT2D eigenvalue weighted by atomic mass is 10.0. The van der Waals surface area contributed by atoms with Gasteiger partial charge in [-0.05, 0) is 50.6 Å². The van der Waals surface area contributed by atoms with Gasteiger partial charge in [0.15, 0.2) is 0 Å². The van der Waals surface area contributed by atoms with Gasteiger partial charge in [-0.15, -0.1) is 0 Å². The van der Waals surface area contributed by atoms with E-state index in [1.54, 1.807) is 30.3 Å². The van der Waals surface area contributed by atoms with Crippen LogP contribution in [0.25, 0.3) is 0 Å². The van der Waals surface area contributed by atoms with Gasteiger partial charge in [-0.1, -0.05) is 6.07 Å². The van der Waals surface area contributed by atoms with Crippen LogP contribution in [0.1, 0.15) is 31.9 Å². The molecule has 1 N–H and O–H groups in total. The summed E-state index contributed by atoms with van der Waals surface area (Å²) < 4.78 is 38.4. The van der Waals surface area contributed by atoms with Crippen molar-refractivity contribution < 1.29 is 23.0 Å². The van der Waals surface area contributed by atoms with Gasteiger partial charge in [-0.25, -0.2) is 8.42 Å². The molecule has 0 fully saturated rings. The molecule has 1 heterocycles. The molecular weight excluding hydrogens is 354 g/mol. The van der Waals surface area contributed by atoms with Crippen molar-refractivity contribution in [3.63, 3.8) is 0 Å². The number of nitrogens with zero attached hydrogens (tertiary/aromatic N) is 1. The number of methoxy groups -OCH3 is 1. The van der Waals surface area contributed by atoms with Crippen LogP contribution in [0.5, 0.6) is 11.5 Å². The van der Waals surface area contributed by atoms with E-state index in [0.717, 1.165) is 0 Å². The van der Waals surface area contributed by atoms with E-state index < -0.39 is 16.1 Å². The molecule has 0 saturated carbocycles. The third kappa shape index (κ3) is 3.50. The maximum absolute atomic E-state index is 13.2. The Kier molecular flexibility index (Phi) is 5.11. The summed E-state index contributed by atoms with van der Waals surface area (Å²) in [5, 5.41) is 10.2. The summed E-state index contributed by atoms with van der Waals surface area (Å²) in [5.74, 6) is 1.16. The highest BCUT2D eigenvalue weighted by Crippen LogP contribution is 2.39. The minimum atomic E-state index is -3.76. The molecule has 6 nitrogen and oxygen atoms in total. The number of aliphatic hydroxyl groups excluding tert-OH is 1. The maximum atomic E-state index is 13.2. The third-order valence-electron chi connectivity index (χ3n) is 4.25. The van der Waals surface area contributed by atoms with Crippen molar-refractivity contribution in [2.45, 2.75) is 37.4 Å². The van der Waals surface area contributed by atoms with Gasteiger partial charge in [-0.2, -0.15) is 0 Å². The molecule has 3 rings (SSSR count). The molecule has 140 valence electrons. The molecule has 0 bridgehead atoms. The Bertz CT molecular complexity index is 877. The lowest BCUT2D eigenvalue weighted by molar-refractivity contribution is 0.166. The smallest absolute Gasteiger partial charge is 0.264 e. The first kappa shape index (κ1) is 18.5. The van der Waals surface area contributed by atoms with E-state index in [1.807, 2.05) is 13.8 Å². The number of rotatable bonds is 5. The van der Waals surface area contributed by atoms with Gasteiger partial charge in [0.1, 0.15) is 11.5 Å². The van der Waals surface area contributed by atoms with Crippen LogP contribution in [0, 0.1) is 0 Å². The number of benzene rings is 2. The van der Waals surface area contributed by atoms with Crippen molar-refractivity contribution in [1.29, 1.82) is 0 Å². The zero-order valence-electron chi connectivity index (χ0n) is 15.0. The van der Waals surface area contributed by atoms with Crippen molar-refractivity contribution in [1.82, 2.24) is 0 Å². The molecule has 7 heteroatoms. The van der Waals surface area contributed by atoms with Gasteiger partial charge in [-0.3, -0.25) is 4.31 Å². The van der Waals surface area contributed by atoms with Crippen molar-refractivity contribution in [3.8, 4) is 11.5 Å². The number of aliphatic hydroxyl groups is 1. The Morgan fingerprint density at radius 1 is 1.12 bits per heavy atom.